The zero-order valence-corrected chi connectivity index (χ0v) is 18.1. The van der Waals surface area contributed by atoms with Gasteiger partial charge < -0.3 is 15.4 Å². The van der Waals surface area contributed by atoms with Crippen molar-refractivity contribution in [2.24, 2.45) is 0 Å². The van der Waals surface area contributed by atoms with E-state index in [9.17, 15) is 18.0 Å². The van der Waals surface area contributed by atoms with Crippen molar-refractivity contribution in [3.05, 3.63) is 52.9 Å². The number of nitrogens with zero attached hydrogens (tertiary/aromatic N) is 1. The van der Waals surface area contributed by atoms with Crippen molar-refractivity contribution >= 4 is 33.2 Å². The molecule has 0 bridgehead atoms. The standard InChI is InChI=1S/C20H25N3O5S2/c24-18(8-9-21-19(25)14-16-4-2-1-3-5-16)22-15-17-6-7-20(29-17)30(26,27)23-10-12-28-13-11-23/h1-7H,8-15H2,(H,21,25)(H,22,24). The summed E-state index contributed by atoms with van der Waals surface area (Å²) >= 11 is 1.15. The van der Waals surface area contributed by atoms with Crippen LogP contribution in [0.4, 0.5) is 0 Å². The number of sulfonamides is 1. The zero-order chi connectivity index (χ0) is 21.4. The zero-order valence-electron chi connectivity index (χ0n) is 16.5. The summed E-state index contributed by atoms with van der Waals surface area (Å²) in [5, 5.41) is 5.49. The molecule has 1 fully saturated rings. The van der Waals surface area contributed by atoms with Crippen LogP contribution >= 0.6 is 11.3 Å². The summed E-state index contributed by atoms with van der Waals surface area (Å²) in [4.78, 5) is 24.7. The second-order valence-electron chi connectivity index (χ2n) is 6.78. The highest BCUT2D eigenvalue weighted by molar-refractivity contribution is 7.91. The molecular weight excluding hydrogens is 426 g/mol. The topological polar surface area (TPSA) is 105 Å². The van der Waals surface area contributed by atoms with Crippen molar-refractivity contribution in [3.63, 3.8) is 0 Å². The minimum Gasteiger partial charge on any atom is -0.379 e. The Morgan fingerprint density at radius 2 is 1.73 bits per heavy atom. The van der Waals surface area contributed by atoms with Crippen LogP contribution in [0.5, 0.6) is 0 Å². The number of amides is 2. The molecule has 1 aromatic carbocycles. The fraction of sp³-hybridized carbons (Fsp3) is 0.400. The first-order valence-corrected chi connectivity index (χ1v) is 11.9. The molecule has 0 atom stereocenters. The smallest absolute Gasteiger partial charge is 0.252 e. The summed E-state index contributed by atoms with van der Waals surface area (Å²) in [5.41, 5.74) is 0.917. The third kappa shape index (κ3) is 6.36. The van der Waals surface area contributed by atoms with E-state index in [1.807, 2.05) is 30.3 Å². The molecule has 10 heteroatoms. The van der Waals surface area contributed by atoms with Crippen molar-refractivity contribution in [2.75, 3.05) is 32.8 Å². The van der Waals surface area contributed by atoms with Gasteiger partial charge in [-0.1, -0.05) is 30.3 Å². The Kier molecular flexibility index (Phi) is 7.97. The summed E-state index contributed by atoms with van der Waals surface area (Å²) in [5.74, 6) is -0.341. The maximum atomic E-state index is 12.6. The number of rotatable bonds is 9. The molecule has 1 aromatic heterocycles. The van der Waals surface area contributed by atoms with Crippen molar-refractivity contribution in [2.45, 2.75) is 23.6 Å². The second-order valence-corrected chi connectivity index (χ2v) is 10.1. The van der Waals surface area contributed by atoms with Gasteiger partial charge in [-0.25, -0.2) is 8.42 Å². The summed E-state index contributed by atoms with van der Waals surface area (Å²) < 4.78 is 32.1. The number of carbonyl (C=O) groups is 2. The van der Waals surface area contributed by atoms with Crippen molar-refractivity contribution in [1.82, 2.24) is 14.9 Å². The molecule has 2 heterocycles. The molecule has 3 rings (SSSR count). The largest absolute Gasteiger partial charge is 0.379 e. The lowest BCUT2D eigenvalue weighted by atomic mass is 10.1. The normalized spacial score (nSPS) is 14.9. The van der Waals surface area contributed by atoms with Crippen molar-refractivity contribution < 1.29 is 22.7 Å². The van der Waals surface area contributed by atoms with Crippen LogP contribution in [-0.2, 0) is 37.3 Å². The maximum absolute atomic E-state index is 12.6. The third-order valence-electron chi connectivity index (χ3n) is 4.54. The van der Waals surface area contributed by atoms with Crippen LogP contribution in [0.3, 0.4) is 0 Å². The van der Waals surface area contributed by atoms with E-state index in [1.165, 1.54) is 4.31 Å². The van der Waals surface area contributed by atoms with Crippen molar-refractivity contribution in [3.8, 4) is 0 Å². The molecule has 8 nitrogen and oxygen atoms in total. The summed E-state index contributed by atoms with van der Waals surface area (Å²) in [6.45, 7) is 1.99. The Morgan fingerprint density at radius 1 is 1.00 bits per heavy atom. The van der Waals surface area contributed by atoms with E-state index < -0.39 is 10.0 Å². The summed E-state index contributed by atoms with van der Waals surface area (Å²) in [6, 6.07) is 12.7. The number of ether oxygens (including phenoxy) is 1. The molecule has 0 unspecified atom stereocenters. The molecule has 2 aromatic rings. The molecule has 2 N–H and O–H groups in total. The first kappa shape index (κ1) is 22.4. The van der Waals surface area contributed by atoms with Gasteiger partial charge in [0.05, 0.1) is 26.2 Å². The number of benzene rings is 1. The van der Waals surface area contributed by atoms with Gasteiger partial charge in [0.15, 0.2) is 0 Å². The van der Waals surface area contributed by atoms with Crippen LogP contribution in [0.1, 0.15) is 16.9 Å². The molecule has 0 saturated carbocycles. The van der Waals surface area contributed by atoms with Gasteiger partial charge in [0.25, 0.3) is 10.0 Å². The van der Waals surface area contributed by atoms with E-state index in [-0.39, 0.29) is 42.0 Å². The fourth-order valence-corrected chi connectivity index (χ4v) is 5.80. The van der Waals surface area contributed by atoms with Gasteiger partial charge in [-0.2, -0.15) is 4.31 Å². The Balaban J connectivity index is 1.39. The number of nitrogens with one attached hydrogen (secondary N) is 2. The van der Waals surface area contributed by atoms with Gasteiger partial charge in [-0.05, 0) is 17.7 Å². The maximum Gasteiger partial charge on any atom is 0.252 e. The monoisotopic (exact) mass is 451 g/mol. The van der Waals surface area contributed by atoms with E-state index in [1.54, 1.807) is 12.1 Å². The Labute approximate surface area is 180 Å². The molecular formula is C20H25N3O5S2. The second kappa shape index (κ2) is 10.7. The highest BCUT2D eigenvalue weighted by atomic mass is 32.2. The number of hydrogen-bond donors (Lipinski definition) is 2. The molecule has 162 valence electrons. The molecule has 1 aliphatic heterocycles. The Hall–Kier alpha value is -2.27. The van der Waals surface area contributed by atoms with Crippen LogP contribution in [0.15, 0.2) is 46.7 Å². The van der Waals surface area contributed by atoms with E-state index in [2.05, 4.69) is 10.6 Å². The molecule has 1 aliphatic rings. The van der Waals surface area contributed by atoms with Crippen LogP contribution in [0.2, 0.25) is 0 Å². The van der Waals surface area contributed by atoms with Gasteiger partial charge in [0.2, 0.25) is 11.8 Å². The lowest BCUT2D eigenvalue weighted by molar-refractivity contribution is -0.122. The number of thiophene rings is 1. The number of carbonyl (C=O) groups excluding carboxylic acids is 2. The highest BCUT2D eigenvalue weighted by Gasteiger charge is 2.27. The van der Waals surface area contributed by atoms with Gasteiger partial charge >= 0.3 is 0 Å². The SMILES string of the molecule is O=C(CCNC(=O)Cc1ccccc1)NCc1ccc(S(=O)(=O)N2CCOCC2)s1. The van der Waals surface area contributed by atoms with Crippen molar-refractivity contribution in [1.29, 1.82) is 0 Å². The van der Waals surface area contributed by atoms with Gasteiger partial charge in [-0.3, -0.25) is 9.59 Å². The predicted molar refractivity (Wildman–Crippen MR) is 114 cm³/mol. The molecule has 2 amide bonds. The van der Waals surface area contributed by atoms with Crippen LogP contribution < -0.4 is 10.6 Å². The number of hydrogen-bond acceptors (Lipinski definition) is 6. The average Bonchev–Trinajstić information content (AvgIpc) is 3.24. The van der Waals surface area contributed by atoms with E-state index >= 15 is 0 Å². The van der Waals surface area contributed by atoms with E-state index in [0.29, 0.717) is 26.3 Å². The minimum atomic E-state index is -3.52. The van der Waals surface area contributed by atoms with E-state index in [4.69, 9.17) is 4.74 Å². The van der Waals surface area contributed by atoms with E-state index in [0.717, 1.165) is 21.8 Å². The van der Waals surface area contributed by atoms with Gasteiger partial charge in [0.1, 0.15) is 4.21 Å². The molecule has 0 spiro atoms. The van der Waals surface area contributed by atoms with Crippen LogP contribution in [-0.4, -0.2) is 57.4 Å². The first-order valence-electron chi connectivity index (χ1n) is 9.69. The highest BCUT2D eigenvalue weighted by Crippen LogP contribution is 2.25. The summed E-state index contributed by atoms with van der Waals surface area (Å²) in [6.07, 6.45) is 0.433. The lowest BCUT2D eigenvalue weighted by Gasteiger charge is -2.25. The fourth-order valence-electron chi connectivity index (χ4n) is 2.94. The Bertz CT molecular complexity index is 954. The quantitative estimate of drug-likeness (QED) is 0.595. The molecule has 1 saturated heterocycles. The number of morpholine rings is 1. The Morgan fingerprint density at radius 3 is 2.47 bits per heavy atom. The third-order valence-corrected chi connectivity index (χ3v) is 7.99. The first-order chi connectivity index (χ1) is 14.4. The molecule has 0 aliphatic carbocycles. The van der Waals surface area contributed by atoms with Crippen LogP contribution in [0.25, 0.3) is 0 Å². The summed E-state index contributed by atoms with van der Waals surface area (Å²) in [7, 11) is -3.52. The minimum absolute atomic E-state index is 0.134. The molecule has 30 heavy (non-hydrogen) atoms. The van der Waals surface area contributed by atoms with Crippen LogP contribution in [0, 0.1) is 0 Å². The average molecular weight is 452 g/mol. The lowest BCUT2D eigenvalue weighted by Crippen LogP contribution is -2.40. The predicted octanol–water partition coefficient (Wildman–Crippen LogP) is 1.13. The van der Waals surface area contributed by atoms with Gasteiger partial charge in [-0.15, -0.1) is 11.3 Å². The molecule has 0 radical (unpaired) electrons. The van der Waals surface area contributed by atoms with Gasteiger partial charge in [0, 0.05) is 30.9 Å².